The maximum absolute atomic E-state index is 4.35. The first-order valence-corrected chi connectivity index (χ1v) is 6.79. The maximum Gasteiger partial charge on any atom is 0.203 e. The van der Waals surface area contributed by atoms with Crippen LogP contribution in [0.4, 0.5) is 5.13 Å². The lowest BCUT2D eigenvalue weighted by molar-refractivity contribution is 0.704. The van der Waals surface area contributed by atoms with Crippen LogP contribution in [0.3, 0.4) is 0 Å². The molecule has 1 heterocycles. The van der Waals surface area contributed by atoms with E-state index in [1.807, 2.05) is 19.1 Å². The second-order valence-electron chi connectivity index (χ2n) is 4.12. The third kappa shape index (κ3) is 3.40. The van der Waals surface area contributed by atoms with Gasteiger partial charge < -0.3 is 5.32 Å². The Hall–Kier alpha value is -1.68. The zero-order valence-corrected chi connectivity index (χ0v) is 11.3. The molecule has 94 valence electrons. The minimum Gasteiger partial charge on any atom is -0.353 e. The molecule has 2 aromatic rings. The lowest BCUT2D eigenvalue weighted by Gasteiger charge is -2.17. The predicted molar refractivity (Wildman–Crippen MR) is 76.9 cm³/mol. The average molecular weight is 259 g/mol. The number of benzene rings is 1. The summed E-state index contributed by atoms with van der Waals surface area (Å²) in [7, 11) is 0. The van der Waals surface area contributed by atoms with Crippen LogP contribution in [0.25, 0.3) is 0 Å². The van der Waals surface area contributed by atoms with Gasteiger partial charge in [0.1, 0.15) is 5.82 Å². The SMILES string of the molecule is C=CCCC(Nc1nc(C)ns1)c1ccccc1. The summed E-state index contributed by atoms with van der Waals surface area (Å²) in [6, 6.07) is 10.7. The highest BCUT2D eigenvalue weighted by Crippen LogP contribution is 2.24. The van der Waals surface area contributed by atoms with Crippen molar-refractivity contribution >= 4 is 16.7 Å². The van der Waals surface area contributed by atoms with Gasteiger partial charge in [0.15, 0.2) is 0 Å². The standard InChI is InChI=1S/C14H17N3S/c1-3-4-10-13(12-8-6-5-7-9-12)16-14-15-11(2)17-18-14/h3,5-9,13H,1,4,10H2,2H3,(H,15,16,17). The molecule has 4 heteroatoms. The van der Waals surface area contributed by atoms with E-state index >= 15 is 0 Å². The molecule has 1 unspecified atom stereocenters. The highest BCUT2D eigenvalue weighted by Gasteiger charge is 2.12. The van der Waals surface area contributed by atoms with Crippen LogP contribution in [0.1, 0.15) is 30.3 Å². The Balaban J connectivity index is 2.12. The van der Waals surface area contributed by atoms with E-state index in [0.29, 0.717) is 0 Å². The van der Waals surface area contributed by atoms with Crippen molar-refractivity contribution in [1.29, 1.82) is 0 Å². The molecule has 0 spiro atoms. The molecule has 0 aliphatic heterocycles. The third-order valence-electron chi connectivity index (χ3n) is 2.69. The zero-order chi connectivity index (χ0) is 12.8. The van der Waals surface area contributed by atoms with Crippen LogP contribution in [0.15, 0.2) is 43.0 Å². The number of anilines is 1. The Morgan fingerprint density at radius 1 is 1.39 bits per heavy atom. The third-order valence-corrected chi connectivity index (χ3v) is 3.42. The zero-order valence-electron chi connectivity index (χ0n) is 10.5. The second kappa shape index (κ2) is 6.31. The maximum atomic E-state index is 4.35. The first kappa shape index (κ1) is 12.8. The second-order valence-corrected chi connectivity index (χ2v) is 4.87. The monoisotopic (exact) mass is 259 g/mol. The Bertz CT molecular complexity index is 493. The number of hydrogen-bond donors (Lipinski definition) is 1. The molecule has 0 bridgehead atoms. The summed E-state index contributed by atoms with van der Waals surface area (Å²) >= 11 is 1.41. The van der Waals surface area contributed by atoms with E-state index < -0.39 is 0 Å². The molecule has 0 aliphatic carbocycles. The van der Waals surface area contributed by atoms with Crippen molar-refractivity contribution in [2.75, 3.05) is 5.32 Å². The Kier molecular flexibility index (Phi) is 4.47. The van der Waals surface area contributed by atoms with E-state index in [2.05, 4.69) is 45.5 Å². The lowest BCUT2D eigenvalue weighted by atomic mass is 10.0. The fraction of sp³-hybridized carbons (Fsp3) is 0.286. The molecule has 3 nitrogen and oxygen atoms in total. The van der Waals surface area contributed by atoms with Gasteiger partial charge in [-0.05, 0) is 25.3 Å². The predicted octanol–water partition coefficient (Wildman–Crippen LogP) is 3.97. The summed E-state index contributed by atoms with van der Waals surface area (Å²) in [5.41, 5.74) is 1.27. The Morgan fingerprint density at radius 3 is 2.78 bits per heavy atom. The molecule has 0 saturated heterocycles. The number of nitrogens with zero attached hydrogens (tertiary/aromatic N) is 2. The Labute approximate surface area is 112 Å². The number of aryl methyl sites for hydroxylation is 1. The number of aromatic nitrogens is 2. The smallest absolute Gasteiger partial charge is 0.203 e. The first-order valence-electron chi connectivity index (χ1n) is 6.02. The van der Waals surface area contributed by atoms with Crippen molar-refractivity contribution in [3.8, 4) is 0 Å². The van der Waals surface area contributed by atoms with E-state index in [9.17, 15) is 0 Å². The van der Waals surface area contributed by atoms with E-state index in [4.69, 9.17) is 0 Å². The van der Waals surface area contributed by atoms with Gasteiger partial charge >= 0.3 is 0 Å². The molecular weight excluding hydrogens is 242 g/mol. The molecule has 0 radical (unpaired) electrons. The summed E-state index contributed by atoms with van der Waals surface area (Å²) in [6.07, 6.45) is 3.93. The van der Waals surface area contributed by atoms with Crippen LogP contribution in [-0.2, 0) is 0 Å². The van der Waals surface area contributed by atoms with Gasteiger partial charge in [0.2, 0.25) is 5.13 Å². The van der Waals surface area contributed by atoms with Crippen LogP contribution in [-0.4, -0.2) is 9.36 Å². The van der Waals surface area contributed by atoms with E-state index in [-0.39, 0.29) is 6.04 Å². The van der Waals surface area contributed by atoms with Gasteiger partial charge in [-0.3, -0.25) is 0 Å². The molecule has 0 amide bonds. The van der Waals surface area contributed by atoms with Crippen LogP contribution in [0.2, 0.25) is 0 Å². The fourth-order valence-electron chi connectivity index (χ4n) is 1.80. The molecule has 2 rings (SSSR count). The molecule has 1 atom stereocenters. The van der Waals surface area contributed by atoms with Gasteiger partial charge in [0.25, 0.3) is 0 Å². The van der Waals surface area contributed by atoms with Crippen LogP contribution >= 0.6 is 11.5 Å². The summed E-state index contributed by atoms with van der Waals surface area (Å²) in [4.78, 5) is 4.35. The van der Waals surface area contributed by atoms with Crippen molar-refractivity contribution in [3.63, 3.8) is 0 Å². The molecule has 1 N–H and O–H groups in total. The van der Waals surface area contributed by atoms with Gasteiger partial charge in [-0.1, -0.05) is 36.4 Å². The van der Waals surface area contributed by atoms with Crippen molar-refractivity contribution < 1.29 is 0 Å². The van der Waals surface area contributed by atoms with Crippen molar-refractivity contribution in [2.24, 2.45) is 0 Å². The Morgan fingerprint density at radius 2 is 2.17 bits per heavy atom. The van der Waals surface area contributed by atoms with Crippen LogP contribution in [0, 0.1) is 6.92 Å². The summed E-state index contributed by atoms with van der Waals surface area (Å²) < 4.78 is 4.19. The number of allylic oxidation sites excluding steroid dienone is 1. The van der Waals surface area contributed by atoms with E-state index in [1.54, 1.807) is 0 Å². The molecule has 1 aromatic carbocycles. The minimum absolute atomic E-state index is 0.261. The molecule has 0 aliphatic rings. The van der Waals surface area contributed by atoms with Gasteiger partial charge in [0.05, 0.1) is 6.04 Å². The minimum atomic E-state index is 0.261. The van der Waals surface area contributed by atoms with Crippen LogP contribution in [0.5, 0.6) is 0 Å². The van der Waals surface area contributed by atoms with Crippen LogP contribution < -0.4 is 5.32 Å². The number of rotatable bonds is 6. The summed E-state index contributed by atoms with van der Waals surface area (Å²) in [5, 5.41) is 4.33. The molecular formula is C14H17N3S. The van der Waals surface area contributed by atoms with Crippen molar-refractivity contribution in [3.05, 3.63) is 54.4 Å². The molecule has 1 aromatic heterocycles. The van der Waals surface area contributed by atoms with Crippen molar-refractivity contribution in [2.45, 2.75) is 25.8 Å². The normalized spacial score (nSPS) is 12.1. The van der Waals surface area contributed by atoms with E-state index in [0.717, 1.165) is 23.8 Å². The fourth-order valence-corrected chi connectivity index (χ4v) is 2.42. The first-order chi connectivity index (χ1) is 8.79. The van der Waals surface area contributed by atoms with Gasteiger partial charge in [-0.15, -0.1) is 6.58 Å². The average Bonchev–Trinajstić information content (AvgIpc) is 2.81. The quantitative estimate of drug-likeness (QED) is 0.798. The molecule has 0 fully saturated rings. The van der Waals surface area contributed by atoms with E-state index in [1.165, 1.54) is 17.1 Å². The van der Waals surface area contributed by atoms with Crippen molar-refractivity contribution in [1.82, 2.24) is 9.36 Å². The lowest BCUT2D eigenvalue weighted by Crippen LogP contribution is -2.10. The largest absolute Gasteiger partial charge is 0.353 e. The summed E-state index contributed by atoms with van der Waals surface area (Å²) in [6.45, 7) is 5.69. The summed E-state index contributed by atoms with van der Waals surface area (Å²) in [5.74, 6) is 0.818. The topological polar surface area (TPSA) is 37.8 Å². The number of hydrogen-bond acceptors (Lipinski definition) is 4. The van der Waals surface area contributed by atoms with Gasteiger partial charge in [-0.2, -0.15) is 4.37 Å². The van der Waals surface area contributed by atoms with Gasteiger partial charge in [0, 0.05) is 11.5 Å². The number of nitrogens with one attached hydrogen (secondary N) is 1. The van der Waals surface area contributed by atoms with Gasteiger partial charge in [-0.25, -0.2) is 4.98 Å². The molecule has 18 heavy (non-hydrogen) atoms. The highest BCUT2D eigenvalue weighted by molar-refractivity contribution is 7.09. The highest BCUT2D eigenvalue weighted by atomic mass is 32.1. The molecule has 0 saturated carbocycles.